The lowest BCUT2D eigenvalue weighted by Gasteiger charge is -2.14. The van der Waals surface area contributed by atoms with Gasteiger partial charge in [-0.05, 0) is 23.8 Å². The Labute approximate surface area is 116 Å². The molecule has 2 nitrogen and oxygen atoms in total. The van der Waals surface area contributed by atoms with E-state index in [9.17, 15) is 13.9 Å². The molecule has 0 bridgehead atoms. The van der Waals surface area contributed by atoms with E-state index in [4.69, 9.17) is 4.74 Å². The Morgan fingerprint density at radius 3 is 2.30 bits per heavy atom. The summed E-state index contributed by atoms with van der Waals surface area (Å²) in [7, 11) is 1.54. The Balaban J connectivity index is 2.11. The van der Waals surface area contributed by atoms with Gasteiger partial charge < -0.3 is 9.84 Å². The summed E-state index contributed by atoms with van der Waals surface area (Å²) < 4.78 is 32.2. The monoisotopic (exact) mass is 278 g/mol. The van der Waals surface area contributed by atoms with Gasteiger partial charge >= 0.3 is 0 Å². The van der Waals surface area contributed by atoms with Crippen molar-refractivity contribution in [3.63, 3.8) is 0 Å². The third-order valence-electron chi connectivity index (χ3n) is 3.15. The van der Waals surface area contributed by atoms with E-state index in [1.54, 1.807) is 13.2 Å². The first-order chi connectivity index (χ1) is 9.61. The molecule has 0 spiro atoms. The molecular formula is C16H16F2O2. The Kier molecular flexibility index (Phi) is 4.69. The fourth-order valence-electron chi connectivity index (χ4n) is 2.16. The van der Waals surface area contributed by atoms with E-state index in [0.29, 0.717) is 5.75 Å². The molecule has 0 saturated carbocycles. The smallest absolute Gasteiger partial charge is 0.129 e. The largest absolute Gasteiger partial charge is 0.496 e. The average molecular weight is 278 g/mol. The maximum absolute atomic E-state index is 13.5. The SMILES string of the molecule is COc1ccccc1CC(O)Cc1c(F)cccc1F. The Hall–Kier alpha value is -1.94. The minimum atomic E-state index is -0.877. The van der Waals surface area contributed by atoms with Gasteiger partial charge in [0.1, 0.15) is 17.4 Å². The van der Waals surface area contributed by atoms with Gasteiger partial charge in [-0.25, -0.2) is 8.78 Å². The molecule has 2 rings (SSSR count). The molecule has 1 atom stereocenters. The molecule has 0 amide bonds. The maximum Gasteiger partial charge on any atom is 0.129 e. The molecule has 0 aliphatic carbocycles. The molecule has 2 aromatic carbocycles. The second kappa shape index (κ2) is 6.48. The average Bonchev–Trinajstić information content (AvgIpc) is 2.44. The maximum atomic E-state index is 13.5. The highest BCUT2D eigenvalue weighted by Gasteiger charge is 2.15. The second-order valence-electron chi connectivity index (χ2n) is 4.57. The number of methoxy groups -OCH3 is 1. The normalized spacial score (nSPS) is 12.2. The number of benzene rings is 2. The standard InChI is InChI=1S/C16H16F2O2/c1-20-16-8-3-2-5-11(16)9-12(19)10-13-14(17)6-4-7-15(13)18/h2-8,12,19H,9-10H2,1H3. The zero-order chi connectivity index (χ0) is 14.5. The van der Waals surface area contributed by atoms with Crippen LogP contribution < -0.4 is 4.74 Å². The highest BCUT2D eigenvalue weighted by molar-refractivity contribution is 5.34. The third kappa shape index (κ3) is 3.33. The minimum Gasteiger partial charge on any atom is -0.496 e. The zero-order valence-electron chi connectivity index (χ0n) is 11.1. The molecule has 0 aromatic heterocycles. The predicted molar refractivity (Wildman–Crippen MR) is 72.8 cm³/mol. The van der Waals surface area contributed by atoms with Crippen LogP contribution in [0.3, 0.4) is 0 Å². The fraction of sp³-hybridized carbons (Fsp3) is 0.250. The van der Waals surface area contributed by atoms with Crippen molar-refractivity contribution in [3.05, 3.63) is 65.2 Å². The highest BCUT2D eigenvalue weighted by Crippen LogP contribution is 2.21. The van der Waals surface area contributed by atoms with Crippen molar-refractivity contribution in [1.82, 2.24) is 0 Å². The van der Waals surface area contributed by atoms with Crippen LogP contribution in [0.1, 0.15) is 11.1 Å². The first-order valence-electron chi connectivity index (χ1n) is 6.34. The third-order valence-corrected chi connectivity index (χ3v) is 3.15. The van der Waals surface area contributed by atoms with Gasteiger partial charge in [-0.1, -0.05) is 24.3 Å². The van der Waals surface area contributed by atoms with Crippen LogP contribution in [0.5, 0.6) is 5.75 Å². The molecule has 0 aliphatic heterocycles. The summed E-state index contributed by atoms with van der Waals surface area (Å²) in [5.74, 6) is -0.617. The molecule has 106 valence electrons. The van der Waals surface area contributed by atoms with E-state index in [2.05, 4.69) is 0 Å². The van der Waals surface area contributed by atoms with Crippen LogP contribution in [-0.2, 0) is 12.8 Å². The van der Waals surface area contributed by atoms with Crippen LogP contribution in [0.25, 0.3) is 0 Å². The number of para-hydroxylation sites is 1. The molecule has 0 saturated heterocycles. The highest BCUT2D eigenvalue weighted by atomic mass is 19.1. The predicted octanol–water partition coefficient (Wildman–Crippen LogP) is 3.12. The summed E-state index contributed by atoms with van der Waals surface area (Å²) in [6.45, 7) is 0. The second-order valence-corrected chi connectivity index (χ2v) is 4.57. The number of aliphatic hydroxyl groups excluding tert-OH is 1. The van der Waals surface area contributed by atoms with Crippen molar-refractivity contribution in [2.45, 2.75) is 18.9 Å². The van der Waals surface area contributed by atoms with Gasteiger partial charge in [0, 0.05) is 18.4 Å². The van der Waals surface area contributed by atoms with Crippen LogP contribution in [0, 0.1) is 11.6 Å². The van der Waals surface area contributed by atoms with E-state index >= 15 is 0 Å². The van der Waals surface area contributed by atoms with Crippen molar-refractivity contribution in [2.24, 2.45) is 0 Å². The van der Waals surface area contributed by atoms with Crippen molar-refractivity contribution >= 4 is 0 Å². The van der Waals surface area contributed by atoms with Gasteiger partial charge in [0.15, 0.2) is 0 Å². The summed E-state index contributed by atoms with van der Waals surface area (Å²) >= 11 is 0. The van der Waals surface area contributed by atoms with Gasteiger partial charge in [0.05, 0.1) is 13.2 Å². The van der Waals surface area contributed by atoms with Crippen molar-refractivity contribution < 1.29 is 18.6 Å². The van der Waals surface area contributed by atoms with Crippen LogP contribution in [0.4, 0.5) is 8.78 Å². The van der Waals surface area contributed by atoms with Gasteiger partial charge in [-0.3, -0.25) is 0 Å². The summed E-state index contributed by atoms with van der Waals surface area (Å²) in [6.07, 6.45) is -0.674. The van der Waals surface area contributed by atoms with Gasteiger partial charge in [-0.2, -0.15) is 0 Å². The molecule has 0 aliphatic rings. The number of aliphatic hydroxyl groups is 1. The van der Waals surface area contributed by atoms with Crippen LogP contribution in [0.15, 0.2) is 42.5 Å². The molecule has 2 aromatic rings. The number of halogens is 2. The lowest BCUT2D eigenvalue weighted by atomic mass is 10.00. The quantitative estimate of drug-likeness (QED) is 0.910. The Morgan fingerprint density at radius 1 is 1.00 bits per heavy atom. The number of hydrogen-bond acceptors (Lipinski definition) is 2. The van der Waals surface area contributed by atoms with Crippen molar-refractivity contribution in [1.29, 1.82) is 0 Å². The molecule has 1 N–H and O–H groups in total. The van der Waals surface area contributed by atoms with Gasteiger partial charge in [-0.15, -0.1) is 0 Å². The van der Waals surface area contributed by atoms with E-state index in [1.807, 2.05) is 18.2 Å². The van der Waals surface area contributed by atoms with E-state index < -0.39 is 17.7 Å². The summed E-state index contributed by atoms with van der Waals surface area (Å²) in [5, 5.41) is 10.0. The summed E-state index contributed by atoms with van der Waals surface area (Å²) in [5.41, 5.74) is 0.717. The lowest BCUT2D eigenvalue weighted by molar-refractivity contribution is 0.171. The molecule has 1 unspecified atom stereocenters. The van der Waals surface area contributed by atoms with E-state index in [1.165, 1.54) is 18.2 Å². The van der Waals surface area contributed by atoms with E-state index in [-0.39, 0.29) is 18.4 Å². The first kappa shape index (κ1) is 14.5. The molecule has 0 radical (unpaired) electrons. The molecular weight excluding hydrogens is 262 g/mol. The summed E-state index contributed by atoms with van der Waals surface area (Å²) in [6, 6.07) is 10.9. The van der Waals surface area contributed by atoms with Crippen molar-refractivity contribution in [3.8, 4) is 5.75 Å². The van der Waals surface area contributed by atoms with Gasteiger partial charge in [0.25, 0.3) is 0 Å². The minimum absolute atomic E-state index is 0.0729. The zero-order valence-corrected chi connectivity index (χ0v) is 11.1. The first-order valence-corrected chi connectivity index (χ1v) is 6.34. The Morgan fingerprint density at radius 2 is 1.65 bits per heavy atom. The van der Waals surface area contributed by atoms with Crippen LogP contribution in [0.2, 0.25) is 0 Å². The number of hydrogen-bond donors (Lipinski definition) is 1. The number of rotatable bonds is 5. The summed E-state index contributed by atoms with van der Waals surface area (Å²) in [4.78, 5) is 0. The lowest BCUT2D eigenvalue weighted by Crippen LogP contribution is -2.16. The topological polar surface area (TPSA) is 29.5 Å². The molecule has 20 heavy (non-hydrogen) atoms. The Bertz CT molecular complexity index is 564. The van der Waals surface area contributed by atoms with Gasteiger partial charge in [0.2, 0.25) is 0 Å². The van der Waals surface area contributed by atoms with Crippen LogP contribution in [-0.4, -0.2) is 18.3 Å². The molecule has 4 heteroatoms. The number of ether oxygens (including phenoxy) is 1. The molecule has 0 fully saturated rings. The molecule has 0 heterocycles. The van der Waals surface area contributed by atoms with Crippen molar-refractivity contribution in [2.75, 3.05) is 7.11 Å². The fourth-order valence-corrected chi connectivity index (χ4v) is 2.16. The van der Waals surface area contributed by atoms with Crippen LogP contribution >= 0.6 is 0 Å². The van der Waals surface area contributed by atoms with E-state index in [0.717, 1.165) is 5.56 Å².